The molecule has 0 radical (unpaired) electrons. The third-order valence-corrected chi connectivity index (χ3v) is 5.43. The van der Waals surface area contributed by atoms with E-state index in [1.165, 1.54) is 18.2 Å². The normalized spacial score (nSPS) is 12.7. The summed E-state index contributed by atoms with van der Waals surface area (Å²) in [6, 6.07) is 22.4. The van der Waals surface area contributed by atoms with Gasteiger partial charge in [-0.2, -0.15) is 0 Å². The highest BCUT2D eigenvalue weighted by Crippen LogP contribution is 2.24. The summed E-state index contributed by atoms with van der Waals surface area (Å²) < 4.78 is 42.0. The number of benzene rings is 3. The summed E-state index contributed by atoms with van der Waals surface area (Å²) in [4.78, 5) is 0. The lowest BCUT2D eigenvalue weighted by Crippen LogP contribution is -2.30. The molecule has 134 valence electrons. The Morgan fingerprint density at radius 2 is 1.42 bits per heavy atom. The van der Waals surface area contributed by atoms with Crippen molar-refractivity contribution in [1.82, 2.24) is 4.72 Å². The van der Waals surface area contributed by atoms with Gasteiger partial charge in [0.1, 0.15) is 5.82 Å². The van der Waals surface area contributed by atoms with Gasteiger partial charge in [0.2, 0.25) is 10.0 Å². The maximum Gasteiger partial charge on any atom is 0.216 e. The fourth-order valence-corrected chi connectivity index (χ4v) is 4.13. The van der Waals surface area contributed by atoms with Gasteiger partial charge in [-0.3, -0.25) is 0 Å². The summed E-state index contributed by atoms with van der Waals surface area (Å²) in [5.74, 6) is -0.932. The first-order chi connectivity index (χ1) is 12.4. The average Bonchev–Trinajstić information content (AvgIpc) is 2.63. The third-order valence-electron chi connectivity index (χ3n) is 4.14. The summed E-state index contributed by atoms with van der Waals surface area (Å²) >= 11 is 0. The summed E-state index contributed by atoms with van der Waals surface area (Å²) in [6.07, 6.45) is 0. The molecule has 0 fully saturated rings. The Morgan fingerprint density at radius 3 is 2.08 bits per heavy atom. The fourth-order valence-electron chi connectivity index (χ4n) is 2.77. The second-order valence-electron chi connectivity index (χ2n) is 6.22. The topological polar surface area (TPSA) is 46.2 Å². The summed E-state index contributed by atoms with van der Waals surface area (Å²) in [6.45, 7) is 1.98. The largest absolute Gasteiger partial charge is 0.216 e. The van der Waals surface area contributed by atoms with Crippen molar-refractivity contribution in [3.05, 3.63) is 107 Å². The van der Waals surface area contributed by atoms with Crippen molar-refractivity contribution in [3.63, 3.8) is 0 Å². The summed E-state index contributed by atoms with van der Waals surface area (Å²) in [5.41, 5.74) is 2.90. The predicted molar refractivity (Wildman–Crippen MR) is 102 cm³/mol. The Hall–Kier alpha value is -2.50. The molecular weight excluding hydrogens is 349 g/mol. The molecule has 3 rings (SSSR count). The van der Waals surface area contributed by atoms with Crippen molar-refractivity contribution in [3.8, 4) is 0 Å². The maximum atomic E-state index is 13.9. The van der Waals surface area contributed by atoms with Crippen LogP contribution in [0.15, 0.2) is 78.9 Å². The first kappa shape index (κ1) is 18.3. The molecule has 26 heavy (non-hydrogen) atoms. The van der Waals surface area contributed by atoms with Crippen molar-refractivity contribution in [2.24, 2.45) is 0 Å². The standard InChI is InChI=1S/C21H20FNO2S/c1-16-11-13-18(14-12-16)21(17-7-3-2-4-8-17)23-26(24,25)15-19-9-5-6-10-20(19)22/h2-14,21,23H,15H2,1H3/t21-/m1/s1. The number of halogens is 1. The molecule has 3 nitrogen and oxygen atoms in total. The van der Waals surface area contributed by atoms with Gasteiger partial charge in [0, 0.05) is 5.56 Å². The van der Waals surface area contributed by atoms with Gasteiger partial charge >= 0.3 is 0 Å². The molecule has 0 aliphatic rings. The van der Waals surface area contributed by atoms with E-state index in [9.17, 15) is 12.8 Å². The van der Waals surface area contributed by atoms with Crippen LogP contribution in [0.4, 0.5) is 4.39 Å². The SMILES string of the molecule is Cc1ccc([C@H](NS(=O)(=O)Cc2ccccc2F)c2ccccc2)cc1. The van der Waals surface area contributed by atoms with E-state index in [1.807, 2.05) is 61.5 Å². The minimum atomic E-state index is -3.75. The molecule has 0 saturated heterocycles. The number of rotatable bonds is 6. The van der Waals surface area contributed by atoms with Gasteiger partial charge in [0.05, 0.1) is 11.8 Å². The van der Waals surface area contributed by atoms with Gasteiger partial charge in [-0.1, -0.05) is 78.4 Å². The first-order valence-electron chi connectivity index (χ1n) is 8.29. The highest BCUT2D eigenvalue weighted by molar-refractivity contribution is 7.88. The van der Waals surface area contributed by atoms with E-state index in [0.717, 1.165) is 16.7 Å². The molecule has 3 aromatic carbocycles. The molecule has 3 aromatic rings. The van der Waals surface area contributed by atoms with Gasteiger partial charge in [-0.25, -0.2) is 17.5 Å². The van der Waals surface area contributed by atoms with E-state index in [4.69, 9.17) is 0 Å². The Kier molecular flexibility index (Phi) is 5.49. The molecule has 0 amide bonds. The Morgan fingerprint density at radius 1 is 0.846 bits per heavy atom. The van der Waals surface area contributed by atoms with Gasteiger partial charge < -0.3 is 0 Å². The van der Waals surface area contributed by atoms with E-state index in [2.05, 4.69) is 4.72 Å². The lowest BCUT2D eigenvalue weighted by molar-refractivity contribution is 0.566. The van der Waals surface area contributed by atoms with E-state index in [1.54, 1.807) is 6.07 Å². The molecule has 1 N–H and O–H groups in total. The highest BCUT2D eigenvalue weighted by Gasteiger charge is 2.22. The van der Waals surface area contributed by atoms with Gasteiger partial charge in [-0.15, -0.1) is 0 Å². The second-order valence-corrected chi connectivity index (χ2v) is 7.98. The summed E-state index contributed by atoms with van der Waals surface area (Å²) in [5, 5.41) is 0. The number of nitrogens with one attached hydrogen (secondary N) is 1. The van der Waals surface area contributed by atoms with Crippen LogP contribution in [0, 0.1) is 12.7 Å². The quantitative estimate of drug-likeness (QED) is 0.702. The molecule has 0 spiro atoms. The molecule has 0 saturated carbocycles. The van der Waals surface area contributed by atoms with Gasteiger partial charge in [0.25, 0.3) is 0 Å². The maximum absolute atomic E-state index is 13.9. The zero-order valence-electron chi connectivity index (χ0n) is 14.4. The van der Waals surface area contributed by atoms with Crippen LogP contribution >= 0.6 is 0 Å². The van der Waals surface area contributed by atoms with E-state index in [-0.39, 0.29) is 5.56 Å². The Bertz CT molecular complexity index is 970. The lowest BCUT2D eigenvalue weighted by atomic mass is 9.99. The minimum absolute atomic E-state index is 0.149. The van der Waals surface area contributed by atoms with Crippen LogP contribution < -0.4 is 4.72 Å². The minimum Gasteiger partial charge on any atom is -0.212 e. The molecule has 1 atom stereocenters. The van der Waals surface area contributed by atoms with Gasteiger partial charge in [0.15, 0.2) is 0 Å². The zero-order valence-corrected chi connectivity index (χ0v) is 15.2. The lowest BCUT2D eigenvalue weighted by Gasteiger charge is -2.20. The number of hydrogen-bond donors (Lipinski definition) is 1. The number of aryl methyl sites for hydroxylation is 1. The van der Waals surface area contributed by atoms with Crippen LogP contribution in [0.25, 0.3) is 0 Å². The van der Waals surface area contributed by atoms with Crippen LogP contribution in [0.5, 0.6) is 0 Å². The van der Waals surface area contributed by atoms with Crippen molar-refractivity contribution in [1.29, 1.82) is 0 Å². The second kappa shape index (κ2) is 7.81. The van der Waals surface area contributed by atoms with Crippen molar-refractivity contribution >= 4 is 10.0 Å². The smallest absolute Gasteiger partial charge is 0.212 e. The van der Waals surface area contributed by atoms with Crippen molar-refractivity contribution < 1.29 is 12.8 Å². The molecule has 0 aromatic heterocycles. The first-order valence-corrected chi connectivity index (χ1v) is 9.95. The monoisotopic (exact) mass is 369 g/mol. The fraction of sp³-hybridized carbons (Fsp3) is 0.143. The van der Waals surface area contributed by atoms with Crippen LogP contribution in [-0.4, -0.2) is 8.42 Å². The zero-order chi connectivity index (χ0) is 18.6. The number of sulfonamides is 1. The molecule has 0 aliphatic heterocycles. The molecule has 0 bridgehead atoms. The predicted octanol–water partition coefficient (Wildman–Crippen LogP) is 4.34. The molecular formula is C21H20FNO2S. The number of hydrogen-bond acceptors (Lipinski definition) is 2. The highest BCUT2D eigenvalue weighted by atomic mass is 32.2. The van der Waals surface area contributed by atoms with E-state index >= 15 is 0 Å². The van der Waals surface area contributed by atoms with Crippen LogP contribution in [0.1, 0.15) is 28.3 Å². The van der Waals surface area contributed by atoms with Crippen LogP contribution in [0.3, 0.4) is 0 Å². The van der Waals surface area contributed by atoms with Crippen LogP contribution in [0.2, 0.25) is 0 Å². The third kappa shape index (κ3) is 4.56. The molecule has 0 heterocycles. The van der Waals surface area contributed by atoms with E-state index < -0.39 is 27.6 Å². The summed E-state index contributed by atoms with van der Waals surface area (Å²) in [7, 11) is -3.75. The van der Waals surface area contributed by atoms with E-state index in [0.29, 0.717) is 0 Å². The average molecular weight is 369 g/mol. The van der Waals surface area contributed by atoms with Crippen molar-refractivity contribution in [2.75, 3.05) is 0 Å². The molecule has 0 aliphatic carbocycles. The Balaban J connectivity index is 1.92. The molecule has 0 unspecified atom stereocenters. The molecule has 5 heteroatoms. The van der Waals surface area contributed by atoms with Crippen LogP contribution in [-0.2, 0) is 15.8 Å². The Labute approximate surface area is 153 Å². The van der Waals surface area contributed by atoms with Crippen molar-refractivity contribution in [2.45, 2.75) is 18.7 Å². The van der Waals surface area contributed by atoms with Gasteiger partial charge in [-0.05, 0) is 24.1 Å².